The van der Waals surface area contributed by atoms with E-state index in [1.54, 1.807) is 6.07 Å². The molecule has 3 nitrogen and oxygen atoms in total. The highest BCUT2D eigenvalue weighted by Gasteiger charge is 2.02. The molecule has 0 fully saturated rings. The van der Waals surface area contributed by atoms with Crippen molar-refractivity contribution in [2.24, 2.45) is 0 Å². The number of benzene rings is 1. The lowest BCUT2D eigenvalue weighted by Gasteiger charge is -2.08. The molecular formula is C11H14BrClN2O. The SMILES string of the molecule is CCNC(=O)CCNc1cc(Br)ccc1Cl. The normalized spacial score (nSPS) is 9.94. The number of carbonyl (C=O) groups is 1. The highest BCUT2D eigenvalue weighted by atomic mass is 79.9. The maximum atomic E-state index is 11.2. The minimum absolute atomic E-state index is 0.0427. The maximum Gasteiger partial charge on any atom is 0.221 e. The van der Waals surface area contributed by atoms with Crippen molar-refractivity contribution in [2.45, 2.75) is 13.3 Å². The maximum absolute atomic E-state index is 11.2. The lowest BCUT2D eigenvalue weighted by molar-refractivity contribution is -0.120. The molecule has 5 heteroatoms. The number of hydrogen-bond donors (Lipinski definition) is 2. The van der Waals surface area contributed by atoms with Gasteiger partial charge < -0.3 is 10.6 Å². The van der Waals surface area contributed by atoms with Crippen LogP contribution in [0.15, 0.2) is 22.7 Å². The van der Waals surface area contributed by atoms with E-state index in [-0.39, 0.29) is 5.91 Å². The van der Waals surface area contributed by atoms with E-state index in [0.29, 0.717) is 24.5 Å². The summed E-state index contributed by atoms with van der Waals surface area (Å²) in [6.07, 6.45) is 0.441. The van der Waals surface area contributed by atoms with Gasteiger partial charge in [0.2, 0.25) is 5.91 Å². The van der Waals surface area contributed by atoms with Crippen LogP contribution in [0.25, 0.3) is 0 Å². The molecule has 0 atom stereocenters. The molecule has 0 radical (unpaired) electrons. The van der Waals surface area contributed by atoms with Crippen LogP contribution in [0.5, 0.6) is 0 Å². The van der Waals surface area contributed by atoms with Crippen LogP contribution in [-0.4, -0.2) is 19.0 Å². The van der Waals surface area contributed by atoms with Crippen LogP contribution < -0.4 is 10.6 Å². The first-order valence-corrected chi connectivity index (χ1v) is 6.26. The molecule has 0 unspecified atom stereocenters. The molecule has 16 heavy (non-hydrogen) atoms. The second kappa shape index (κ2) is 6.76. The molecule has 0 spiro atoms. The predicted molar refractivity (Wildman–Crippen MR) is 70.9 cm³/mol. The van der Waals surface area contributed by atoms with E-state index in [0.717, 1.165) is 10.2 Å². The molecule has 1 amide bonds. The van der Waals surface area contributed by atoms with Crippen molar-refractivity contribution in [1.82, 2.24) is 5.32 Å². The summed E-state index contributed by atoms with van der Waals surface area (Å²) in [6, 6.07) is 5.57. The largest absolute Gasteiger partial charge is 0.383 e. The predicted octanol–water partition coefficient (Wildman–Crippen LogP) is 3.04. The zero-order valence-electron chi connectivity index (χ0n) is 9.02. The van der Waals surface area contributed by atoms with E-state index < -0.39 is 0 Å². The van der Waals surface area contributed by atoms with Crippen molar-refractivity contribution in [3.05, 3.63) is 27.7 Å². The fraction of sp³-hybridized carbons (Fsp3) is 0.364. The van der Waals surface area contributed by atoms with Crippen LogP contribution in [0, 0.1) is 0 Å². The van der Waals surface area contributed by atoms with Gasteiger partial charge in [-0.3, -0.25) is 4.79 Å². The van der Waals surface area contributed by atoms with E-state index in [1.165, 1.54) is 0 Å². The Morgan fingerprint density at radius 1 is 1.50 bits per heavy atom. The Hall–Kier alpha value is -0.740. The van der Waals surface area contributed by atoms with E-state index in [1.807, 2.05) is 19.1 Å². The molecule has 0 saturated heterocycles. The molecule has 0 bridgehead atoms. The topological polar surface area (TPSA) is 41.1 Å². The van der Waals surface area contributed by atoms with Gasteiger partial charge in [0.25, 0.3) is 0 Å². The first-order chi connectivity index (χ1) is 7.63. The second-order valence-corrected chi connectivity index (χ2v) is 4.58. The van der Waals surface area contributed by atoms with Gasteiger partial charge in [-0.2, -0.15) is 0 Å². The Labute approximate surface area is 109 Å². The highest BCUT2D eigenvalue weighted by Crippen LogP contribution is 2.25. The van der Waals surface area contributed by atoms with Crippen molar-refractivity contribution < 1.29 is 4.79 Å². The number of rotatable bonds is 5. The molecule has 0 aliphatic carbocycles. The van der Waals surface area contributed by atoms with Crippen LogP contribution in [0.3, 0.4) is 0 Å². The van der Waals surface area contributed by atoms with Gasteiger partial charge in [0.15, 0.2) is 0 Å². The summed E-state index contributed by atoms with van der Waals surface area (Å²) in [5.74, 6) is 0.0427. The molecule has 0 saturated carbocycles. The smallest absolute Gasteiger partial charge is 0.221 e. The van der Waals surface area contributed by atoms with Crippen molar-refractivity contribution in [3.63, 3.8) is 0 Å². The quantitative estimate of drug-likeness (QED) is 0.878. The summed E-state index contributed by atoms with van der Waals surface area (Å²) < 4.78 is 0.956. The van der Waals surface area contributed by atoms with Gasteiger partial charge in [-0.1, -0.05) is 27.5 Å². The number of amides is 1. The Balaban J connectivity index is 2.42. The van der Waals surface area contributed by atoms with E-state index >= 15 is 0 Å². The summed E-state index contributed by atoms with van der Waals surface area (Å²) in [7, 11) is 0. The third kappa shape index (κ3) is 4.41. The number of halogens is 2. The first-order valence-electron chi connectivity index (χ1n) is 5.09. The summed E-state index contributed by atoms with van der Waals surface area (Å²) in [4.78, 5) is 11.2. The zero-order valence-corrected chi connectivity index (χ0v) is 11.4. The number of anilines is 1. The molecule has 0 aromatic heterocycles. The third-order valence-electron chi connectivity index (χ3n) is 1.97. The molecular weight excluding hydrogens is 291 g/mol. The van der Waals surface area contributed by atoms with Crippen LogP contribution in [0.1, 0.15) is 13.3 Å². The Morgan fingerprint density at radius 3 is 2.94 bits per heavy atom. The van der Waals surface area contributed by atoms with Gasteiger partial charge in [-0.05, 0) is 25.1 Å². The minimum atomic E-state index is 0.0427. The van der Waals surface area contributed by atoms with Crippen LogP contribution in [0.2, 0.25) is 5.02 Å². The minimum Gasteiger partial charge on any atom is -0.383 e. The molecule has 0 aliphatic rings. The van der Waals surface area contributed by atoms with E-state index in [4.69, 9.17) is 11.6 Å². The second-order valence-electron chi connectivity index (χ2n) is 3.25. The van der Waals surface area contributed by atoms with Crippen LogP contribution in [-0.2, 0) is 4.79 Å². The molecule has 1 aromatic rings. The van der Waals surface area contributed by atoms with Crippen LogP contribution in [0.4, 0.5) is 5.69 Å². The number of carbonyl (C=O) groups excluding carboxylic acids is 1. The summed E-state index contributed by atoms with van der Waals surface area (Å²) in [6.45, 7) is 3.13. The van der Waals surface area contributed by atoms with Crippen molar-refractivity contribution in [2.75, 3.05) is 18.4 Å². The summed E-state index contributed by atoms with van der Waals surface area (Å²) in [5.41, 5.74) is 0.834. The van der Waals surface area contributed by atoms with Crippen molar-refractivity contribution in [3.8, 4) is 0 Å². The Kier molecular flexibility index (Phi) is 5.63. The summed E-state index contributed by atoms with van der Waals surface area (Å²) in [5, 5.41) is 6.51. The van der Waals surface area contributed by atoms with E-state index in [9.17, 15) is 4.79 Å². The van der Waals surface area contributed by atoms with Gasteiger partial charge in [-0.15, -0.1) is 0 Å². The lowest BCUT2D eigenvalue weighted by Crippen LogP contribution is -2.24. The van der Waals surface area contributed by atoms with Gasteiger partial charge in [0.05, 0.1) is 10.7 Å². The van der Waals surface area contributed by atoms with Gasteiger partial charge in [0, 0.05) is 24.0 Å². The zero-order chi connectivity index (χ0) is 12.0. The monoisotopic (exact) mass is 304 g/mol. The Bertz CT molecular complexity index is 371. The molecule has 2 N–H and O–H groups in total. The van der Waals surface area contributed by atoms with Gasteiger partial charge in [-0.25, -0.2) is 0 Å². The number of hydrogen-bond acceptors (Lipinski definition) is 2. The molecule has 88 valence electrons. The highest BCUT2D eigenvalue weighted by molar-refractivity contribution is 9.10. The molecule has 0 aliphatic heterocycles. The molecule has 1 aromatic carbocycles. The fourth-order valence-electron chi connectivity index (χ4n) is 1.23. The number of nitrogens with one attached hydrogen (secondary N) is 2. The molecule has 0 heterocycles. The average Bonchev–Trinajstić information content (AvgIpc) is 2.23. The standard InChI is InChI=1S/C11H14BrClN2O/c1-2-14-11(16)5-6-15-10-7-8(12)3-4-9(10)13/h3-4,7,15H,2,5-6H2,1H3,(H,14,16). The van der Waals surface area contributed by atoms with Gasteiger partial charge >= 0.3 is 0 Å². The van der Waals surface area contributed by atoms with Crippen molar-refractivity contribution >= 4 is 39.1 Å². The van der Waals surface area contributed by atoms with Gasteiger partial charge in [0.1, 0.15) is 0 Å². The third-order valence-corrected chi connectivity index (χ3v) is 2.79. The first kappa shape index (κ1) is 13.3. The average molecular weight is 306 g/mol. The van der Waals surface area contributed by atoms with Crippen LogP contribution >= 0.6 is 27.5 Å². The van der Waals surface area contributed by atoms with E-state index in [2.05, 4.69) is 26.6 Å². The van der Waals surface area contributed by atoms with Crippen molar-refractivity contribution in [1.29, 1.82) is 0 Å². The fourth-order valence-corrected chi connectivity index (χ4v) is 1.77. The lowest BCUT2D eigenvalue weighted by atomic mass is 10.3. The molecule has 1 rings (SSSR count). The Morgan fingerprint density at radius 2 is 2.25 bits per heavy atom. The summed E-state index contributed by atoms with van der Waals surface area (Å²) >= 11 is 9.35.